The summed E-state index contributed by atoms with van der Waals surface area (Å²) in [6.45, 7) is 6.06. The summed E-state index contributed by atoms with van der Waals surface area (Å²) < 4.78 is 0. The highest BCUT2D eigenvalue weighted by Crippen LogP contribution is 2.13. The predicted molar refractivity (Wildman–Crippen MR) is 127 cm³/mol. The first kappa shape index (κ1) is 24.1. The van der Waals surface area contributed by atoms with Crippen LogP contribution in [-0.2, 0) is 13.1 Å². The molecule has 0 aromatic heterocycles. The van der Waals surface area contributed by atoms with Gasteiger partial charge in [-0.25, -0.2) is 9.59 Å². The van der Waals surface area contributed by atoms with Crippen LogP contribution in [0.2, 0.25) is 5.02 Å². The highest BCUT2D eigenvalue weighted by Gasteiger charge is 2.05. The molecule has 2 aromatic rings. The first-order valence-corrected chi connectivity index (χ1v) is 10.2. The Balaban J connectivity index is 1.83. The number of benzene rings is 2. The molecule has 0 aliphatic heterocycles. The molecule has 0 fully saturated rings. The van der Waals surface area contributed by atoms with E-state index >= 15 is 0 Å². The van der Waals surface area contributed by atoms with Gasteiger partial charge < -0.3 is 21.3 Å². The normalized spacial score (nSPS) is 11.5. The van der Waals surface area contributed by atoms with E-state index in [1.165, 1.54) is 6.08 Å². The number of hydrogen-bond acceptors (Lipinski definition) is 2. The molecule has 4 N–H and O–H groups in total. The van der Waals surface area contributed by atoms with Crippen LogP contribution < -0.4 is 21.3 Å². The average molecular weight is 459 g/mol. The second-order valence-electron chi connectivity index (χ2n) is 6.52. The Labute approximate surface area is 192 Å². The van der Waals surface area contributed by atoms with E-state index in [0.29, 0.717) is 34.5 Å². The van der Waals surface area contributed by atoms with E-state index in [1.807, 2.05) is 24.3 Å². The molecular weight excluding hydrogens is 435 g/mol. The van der Waals surface area contributed by atoms with E-state index in [-0.39, 0.29) is 12.1 Å². The van der Waals surface area contributed by atoms with Gasteiger partial charge in [0.15, 0.2) is 0 Å². The average Bonchev–Trinajstić information content (AvgIpc) is 2.75. The molecule has 0 bridgehead atoms. The van der Waals surface area contributed by atoms with Gasteiger partial charge in [-0.15, -0.1) is 0 Å². The van der Waals surface area contributed by atoms with E-state index in [0.717, 1.165) is 11.1 Å². The van der Waals surface area contributed by atoms with Crippen molar-refractivity contribution in [1.29, 1.82) is 0 Å². The van der Waals surface area contributed by atoms with Crippen LogP contribution in [0.4, 0.5) is 15.3 Å². The van der Waals surface area contributed by atoms with Crippen LogP contribution in [-0.4, -0.2) is 12.1 Å². The fourth-order valence-electron chi connectivity index (χ4n) is 2.46. The molecule has 0 spiro atoms. The van der Waals surface area contributed by atoms with Crippen molar-refractivity contribution in [2.75, 3.05) is 5.32 Å². The lowest BCUT2D eigenvalue weighted by atomic mass is 10.1. The summed E-state index contributed by atoms with van der Waals surface area (Å²) in [6, 6.07) is 13.7. The fourth-order valence-corrected chi connectivity index (χ4v) is 2.65. The lowest BCUT2D eigenvalue weighted by Crippen LogP contribution is -2.34. The Bertz CT molecular complexity index is 981. The van der Waals surface area contributed by atoms with Crippen molar-refractivity contribution in [3.63, 3.8) is 0 Å². The third-order valence-electron chi connectivity index (χ3n) is 3.97. The number of urea groups is 2. The maximum absolute atomic E-state index is 12.1. The zero-order valence-corrected chi connectivity index (χ0v) is 18.6. The van der Waals surface area contributed by atoms with Crippen LogP contribution in [0.25, 0.3) is 0 Å². The van der Waals surface area contributed by atoms with Crippen LogP contribution in [0.5, 0.6) is 0 Å². The van der Waals surface area contributed by atoms with E-state index in [2.05, 4.69) is 27.8 Å². The third kappa shape index (κ3) is 9.42. The minimum atomic E-state index is -0.363. The second kappa shape index (κ2) is 12.5. The van der Waals surface area contributed by atoms with Crippen LogP contribution in [0.1, 0.15) is 18.1 Å². The minimum absolute atomic E-state index is 0.324. The van der Waals surface area contributed by atoms with Crippen molar-refractivity contribution in [2.24, 2.45) is 0 Å². The molecule has 0 saturated heterocycles. The Morgan fingerprint density at radius 2 is 1.58 bits per heavy atom. The molecule has 2 aromatic carbocycles. The van der Waals surface area contributed by atoms with Crippen molar-refractivity contribution in [2.45, 2.75) is 20.0 Å². The van der Waals surface area contributed by atoms with Crippen LogP contribution in [0, 0.1) is 0 Å². The topological polar surface area (TPSA) is 82.3 Å². The first-order valence-electron chi connectivity index (χ1n) is 9.45. The number of allylic oxidation sites excluding steroid dienone is 4. The van der Waals surface area contributed by atoms with E-state index in [9.17, 15) is 9.59 Å². The maximum Gasteiger partial charge on any atom is 0.319 e. The molecule has 31 heavy (non-hydrogen) atoms. The largest absolute Gasteiger partial charge is 0.334 e. The lowest BCUT2D eigenvalue weighted by Gasteiger charge is -2.10. The molecule has 0 aliphatic rings. The van der Waals surface area contributed by atoms with Crippen LogP contribution >= 0.6 is 23.2 Å². The van der Waals surface area contributed by atoms with Gasteiger partial charge in [0.05, 0.1) is 0 Å². The van der Waals surface area contributed by atoms with Crippen LogP contribution in [0.3, 0.4) is 0 Å². The fraction of sp³-hybridized carbons (Fsp3) is 0.130. The molecule has 0 radical (unpaired) electrons. The van der Waals surface area contributed by atoms with Gasteiger partial charge in [-0.05, 0) is 60.5 Å². The number of halogens is 2. The van der Waals surface area contributed by atoms with Gasteiger partial charge in [0.2, 0.25) is 0 Å². The molecule has 2 rings (SSSR count). The SMILES string of the molecule is C=C/C(=C\C=C(/C)Cl)NC(=O)NCc1cccc(CNC(=O)Nc2ccc(Cl)cc2)c1. The Kier molecular flexibility index (Phi) is 9.68. The van der Waals surface area contributed by atoms with Gasteiger partial charge in [-0.1, -0.05) is 54.0 Å². The molecule has 0 heterocycles. The Hall–Kier alpha value is -3.22. The van der Waals surface area contributed by atoms with E-state index < -0.39 is 0 Å². The van der Waals surface area contributed by atoms with Crippen molar-refractivity contribution >= 4 is 41.0 Å². The van der Waals surface area contributed by atoms with Crippen molar-refractivity contribution in [3.05, 3.63) is 100 Å². The molecule has 162 valence electrons. The van der Waals surface area contributed by atoms with Gasteiger partial charge >= 0.3 is 12.1 Å². The second-order valence-corrected chi connectivity index (χ2v) is 7.55. The van der Waals surface area contributed by atoms with Gasteiger partial charge in [0.25, 0.3) is 0 Å². The zero-order chi connectivity index (χ0) is 22.6. The number of nitrogens with one attached hydrogen (secondary N) is 4. The van der Waals surface area contributed by atoms with E-state index in [4.69, 9.17) is 23.2 Å². The Morgan fingerprint density at radius 3 is 2.16 bits per heavy atom. The first-order chi connectivity index (χ1) is 14.9. The number of carbonyl (C=O) groups is 2. The molecule has 0 aliphatic carbocycles. The number of hydrogen-bond donors (Lipinski definition) is 4. The summed E-state index contributed by atoms with van der Waals surface area (Å²) in [4.78, 5) is 24.1. The molecule has 4 amide bonds. The lowest BCUT2D eigenvalue weighted by molar-refractivity contribution is 0.243. The molecule has 0 atom stereocenters. The summed E-state index contributed by atoms with van der Waals surface area (Å²) in [6.07, 6.45) is 4.85. The van der Waals surface area contributed by atoms with Gasteiger partial charge in [0.1, 0.15) is 0 Å². The summed E-state index contributed by atoms with van der Waals surface area (Å²) in [5.41, 5.74) is 2.98. The molecule has 8 heteroatoms. The highest BCUT2D eigenvalue weighted by molar-refractivity contribution is 6.30. The van der Waals surface area contributed by atoms with Gasteiger partial charge in [-0.3, -0.25) is 0 Å². The van der Waals surface area contributed by atoms with Gasteiger partial charge in [-0.2, -0.15) is 0 Å². The quantitative estimate of drug-likeness (QED) is 0.384. The summed E-state index contributed by atoms with van der Waals surface area (Å²) in [5.74, 6) is 0. The van der Waals surface area contributed by atoms with Crippen molar-refractivity contribution < 1.29 is 9.59 Å². The summed E-state index contributed by atoms with van der Waals surface area (Å²) in [7, 11) is 0. The molecule has 6 nitrogen and oxygen atoms in total. The maximum atomic E-state index is 12.1. The Morgan fingerprint density at radius 1 is 0.968 bits per heavy atom. The smallest absolute Gasteiger partial charge is 0.319 e. The van der Waals surface area contributed by atoms with Crippen molar-refractivity contribution in [3.8, 4) is 0 Å². The molecular formula is C23H24Cl2N4O2. The zero-order valence-electron chi connectivity index (χ0n) is 17.0. The number of amides is 4. The molecule has 0 saturated carbocycles. The number of carbonyl (C=O) groups excluding carboxylic acids is 2. The predicted octanol–water partition coefficient (Wildman–Crippen LogP) is 5.67. The number of rotatable bonds is 8. The van der Waals surface area contributed by atoms with Crippen molar-refractivity contribution in [1.82, 2.24) is 16.0 Å². The number of anilines is 1. The van der Waals surface area contributed by atoms with E-state index in [1.54, 1.807) is 43.3 Å². The molecule has 0 unspecified atom stereocenters. The highest BCUT2D eigenvalue weighted by atomic mass is 35.5. The third-order valence-corrected chi connectivity index (χ3v) is 4.35. The monoisotopic (exact) mass is 458 g/mol. The standard InChI is InChI=1S/C23H24Cl2N4O2/c1-3-20(10-7-16(2)24)28-22(30)26-14-17-5-4-6-18(13-17)15-27-23(31)29-21-11-8-19(25)9-12-21/h3-13H,1,14-15H2,2H3,(H2,26,28,30)(H2,27,29,31)/b16-7+,20-10+. The van der Waals surface area contributed by atoms with Gasteiger partial charge in [0, 0.05) is 34.5 Å². The minimum Gasteiger partial charge on any atom is -0.334 e. The van der Waals surface area contributed by atoms with Crippen LogP contribution in [0.15, 0.2) is 84.1 Å². The summed E-state index contributed by atoms with van der Waals surface area (Å²) >= 11 is 11.6. The summed E-state index contributed by atoms with van der Waals surface area (Å²) in [5, 5.41) is 12.2.